The number of hydrogen-bond acceptors (Lipinski definition) is 4. The fourth-order valence-corrected chi connectivity index (χ4v) is 4.18. The van der Waals surface area contributed by atoms with Crippen LogP contribution in [0.2, 0.25) is 5.02 Å². The maximum atomic E-state index is 13.5. The third-order valence-corrected chi connectivity index (χ3v) is 6.21. The van der Waals surface area contributed by atoms with Crippen molar-refractivity contribution in [1.29, 1.82) is 0 Å². The molecule has 4 rings (SSSR count). The molecular formula is C28H25ClN2O4. The Hall–Kier alpha value is -3.90. The minimum Gasteiger partial charge on any atom is -0.448 e. The van der Waals surface area contributed by atoms with Crippen molar-refractivity contribution >= 4 is 39.9 Å². The molecule has 6 nitrogen and oxygen atoms in total. The van der Waals surface area contributed by atoms with E-state index in [0.29, 0.717) is 27.0 Å². The van der Waals surface area contributed by atoms with Crippen LogP contribution in [0.4, 0.5) is 5.69 Å². The van der Waals surface area contributed by atoms with Crippen molar-refractivity contribution in [3.63, 3.8) is 0 Å². The van der Waals surface area contributed by atoms with Crippen LogP contribution in [0.25, 0.3) is 21.9 Å². The molecule has 0 saturated carbocycles. The third kappa shape index (κ3) is 4.84. The molecule has 0 aliphatic rings. The van der Waals surface area contributed by atoms with Gasteiger partial charge in [-0.1, -0.05) is 78.7 Å². The zero-order chi connectivity index (χ0) is 25.1. The van der Waals surface area contributed by atoms with E-state index in [0.717, 1.165) is 11.1 Å². The number of anilines is 1. The lowest BCUT2D eigenvalue weighted by molar-refractivity contribution is -0.124. The van der Waals surface area contributed by atoms with Gasteiger partial charge in [0.05, 0.1) is 10.7 Å². The Morgan fingerprint density at radius 3 is 2.26 bits per heavy atom. The largest absolute Gasteiger partial charge is 0.448 e. The smallest absolute Gasteiger partial charge is 0.356 e. The van der Waals surface area contributed by atoms with Gasteiger partial charge in [0.2, 0.25) is 0 Å². The number of benzene rings is 3. The van der Waals surface area contributed by atoms with Gasteiger partial charge in [0.25, 0.3) is 11.5 Å². The number of carbonyl (C=O) groups excluding carboxylic acids is 2. The first-order valence-corrected chi connectivity index (χ1v) is 11.6. The minimum atomic E-state index is -1.08. The van der Waals surface area contributed by atoms with Crippen molar-refractivity contribution in [3.8, 4) is 11.1 Å². The number of fused-ring (bicyclic) bond motifs is 1. The van der Waals surface area contributed by atoms with Gasteiger partial charge in [-0.05, 0) is 42.5 Å². The van der Waals surface area contributed by atoms with Crippen LogP contribution in [0.3, 0.4) is 0 Å². The zero-order valence-corrected chi connectivity index (χ0v) is 20.4. The van der Waals surface area contributed by atoms with Crippen molar-refractivity contribution < 1.29 is 14.3 Å². The van der Waals surface area contributed by atoms with Crippen LogP contribution >= 0.6 is 11.6 Å². The maximum Gasteiger partial charge on any atom is 0.356 e. The summed E-state index contributed by atoms with van der Waals surface area (Å²) in [6.45, 7) is 3.71. The third-order valence-electron chi connectivity index (χ3n) is 5.88. The lowest BCUT2D eigenvalue weighted by Gasteiger charge is -2.20. The van der Waals surface area contributed by atoms with Gasteiger partial charge in [0.1, 0.15) is 5.69 Å². The number of halogens is 1. The molecule has 7 heteroatoms. The quantitative estimate of drug-likeness (QED) is 0.351. The van der Waals surface area contributed by atoms with E-state index in [1.165, 1.54) is 11.6 Å². The number of aromatic nitrogens is 1. The highest BCUT2D eigenvalue weighted by Crippen LogP contribution is 2.31. The molecule has 1 N–H and O–H groups in total. The van der Waals surface area contributed by atoms with E-state index in [2.05, 4.69) is 5.32 Å². The first-order chi connectivity index (χ1) is 16.8. The molecule has 3 aromatic carbocycles. The summed E-state index contributed by atoms with van der Waals surface area (Å²) in [7, 11) is 1.54. The van der Waals surface area contributed by atoms with Gasteiger partial charge in [0, 0.05) is 18.0 Å². The number of nitrogens with zero attached hydrogens (tertiary/aromatic N) is 1. The topological polar surface area (TPSA) is 77.4 Å². The van der Waals surface area contributed by atoms with Crippen LogP contribution in [-0.4, -0.2) is 22.5 Å². The van der Waals surface area contributed by atoms with Crippen molar-refractivity contribution in [2.45, 2.75) is 26.4 Å². The Balaban J connectivity index is 1.77. The molecule has 0 aliphatic carbocycles. The van der Waals surface area contributed by atoms with Crippen LogP contribution in [0.1, 0.15) is 29.4 Å². The van der Waals surface area contributed by atoms with E-state index in [1.54, 1.807) is 43.3 Å². The monoisotopic (exact) mass is 488 g/mol. The summed E-state index contributed by atoms with van der Waals surface area (Å²) in [4.78, 5) is 39.6. The molecule has 0 aliphatic heterocycles. The van der Waals surface area contributed by atoms with Gasteiger partial charge in [-0.2, -0.15) is 0 Å². The molecule has 0 fully saturated rings. The number of carbonyl (C=O) groups is 2. The maximum absolute atomic E-state index is 13.5. The van der Waals surface area contributed by atoms with E-state index in [-0.39, 0.29) is 17.7 Å². The lowest BCUT2D eigenvalue weighted by Crippen LogP contribution is -2.34. The Morgan fingerprint density at radius 2 is 1.60 bits per heavy atom. The summed E-state index contributed by atoms with van der Waals surface area (Å²) in [6.07, 6.45) is -0.838. The summed E-state index contributed by atoms with van der Waals surface area (Å²) >= 11 is 6.15. The highest BCUT2D eigenvalue weighted by atomic mass is 35.5. The second-order valence-electron chi connectivity index (χ2n) is 8.27. The lowest BCUT2D eigenvalue weighted by atomic mass is 9.96. The van der Waals surface area contributed by atoms with Crippen molar-refractivity contribution in [2.24, 2.45) is 7.05 Å². The number of para-hydroxylation sites is 1. The van der Waals surface area contributed by atoms with Gasteiger partial charge < -0.3 is 14.6 Å². The van der Waals surface area contributed by atoms with Gasteiger partial charge in [-0.25, -0.2) is 4.79 Å². The fourth-order valence-electron chi connectivity index (χ4n) is 4.00. The Bertz CT molecular complexity index is 1480. The molecule has 178 valence electrons. The molecule has 1 unspecified atom stereocenters. The van der Waals surface area contributed by atoms with Gasteiger partial charge in [0.15, 0.2) is 6.10 Å². The summed E-state index contributed by atoms with van der Waals surface area (Å²) in [5, 5.41) is 4.22. The number of hydrogen-bond donors (Lipinski definition) is 1. The fraction of sp³-hybridized carbons (Fsp3) is 0.179. The number of pyridine rings is 1. The number of nitrogens with one attached hydrogen (secondary N) is 1. The second kappa shape index (κ2) is 10.2. The zero-order valence-electron chi connectivity index (χ0n) is 19.7. The Labute approximate surface area is 208 Å². The van der Waals surface area contributed by atoms with Gasteiger partial charge in [-0.3, -0.25) is 9.59 Å². The molecule has 0 bridgehead atoms. The van der Waals surface area contributed by atoms with E-state index in [4.69, 9.17) is 16.3 Å². The summed E-state index contributed by atoms with van der Waals surface area (Å²) in [5.74, 6) is -1.26. The molecule has 35 heavy (non-hydrogen) atoms. The molecule has 1 amide bonds. The highest BCUT2D eigenvalue weighted by Gasteiger charge is 2.28. The highest BCUT2D eigenvalue weighted by molar-refractivity contribution is 6.33. The molecule has 1 heterocycles. The molecule has 4 aromatic rings. The number of ether oxygens (including phenoxy) is 1. The number of esters is 1. The van der Waals surface area contributed by atoms with E-state index in [1.807, 2.05) is 43.3 Å². The number of amides is 1. The minimum absolute atomic E-state index is 0.0848. The van der Waals surface area contributed by atoms with Crippen LogP contribution in [0, 0.1) is 6.92 Å². The van der Waals surface area contributed by atoms with Crippen LogP contribution in [0.15, 0.2) is 77.6 Å². The molecule has 0 radical (unpaired) electrons. The molecular weight excluding hydrogens is 464 g/mol. The SMILES string of the molecule is CCC(OC(=O)c1c(-c2ccc(C)cc2)c2ccccc2c(=O)n1C)C(=O)Nc1ccccc1Cl. The van der Waals surface area contributed by atoms with Gasteiger partial charge >= 0.3 is 5.97 Å². The van der Waals surface area contributed by atoms with Crippen LogP contribution in [-0.2, 0) is 16.6 Å². The van der Waals surface area contributed by atoms with E-state index >= 15 is 0 Å². The molecule has 1 atom stereocenters. The van der Waals surface area contributed by atoms with E-state index in [9.17, 15) is 14.4 Å². The van der Waals surface area contributed by atoms with Gasteiger partial charge in [-0.15, -0.1) is 0 Å². The number of aryl methyl sites for hydroxylation is 1. The predicted molar refractivity (Wildman–Crippen MR) is 139 cm³/mol. The Morgan fingerprint density at radius 1 is 0.971 bits per heavy atom. The molecule has 0 spiro atoms. The first kappa shape index (κ1) is 24.2. The normalized spacial score (nSPS) is 11.8. The predicted octanol–water partition coefficient (Wildman–Crippen LogP) is 5.74. The van der Waals surface area contributed by atoms with Crippen molar-refractivity contribution in [3.05, 3.63) is 99.4 Å². The van der Waals surface area contributed by atoms with E-state index < -0.39 is 18.0 Å². The standard InChI is InChI=1S/C28H25ClN2O4/c1-4-23(26(32)30-22-12-8-7-11-21(22)29)35-28(34)25-24(18-15-13-17(2)14-16-18)19-9-5-6-10-20(19)27(33)31(25)3/h5-16,23H,4H2,1-3H3,(H,30,32). The number of rotatable bonds is 6. The second-order valence-corrected chi connectivity index (χ2v) is 8.68. The Kier molecular flexibility index (Phi) is 7.03. The average molecular weight is 489 g/mol. The summed E-state index contributed by atoms with van der Waals surface area (Å²) in [5.41, 5.74) is 2.59. The summed E-state index contributed by atoms with van der Waals surface area (Å²) in [6, 6.07) is 21.6. The van der Waals surface area contributed by atoms with Crippen LogP contribution in [0.5, 0.6) is 0 Å². The molecule has 0 saturated heterocycles. The first-order valence-electron chi connectivity index (χ1n) is 11.3. The molecule has 1 aromatic heterocycles. The van der Waals surface area contributed by atoms with Crippen molar-refractivity contribution in [1.82, 2.24) is 4.57 Å². The average Bonchev–Trinajstić information content (AvgIpc) is 2.86. The van der Waals surface area contributed by atoms with Crippen molar-refractivity contribution in [2.75, 3.05) is 5.32 Å². The summed E-state index contributed by atoms with van der Waals surface area (Å²) < 4.78 is 6.97. The van der Waals surface area contributed by atoms with Crippen LogP contribution < -0.4 is 10.9 Å².